The van der Waals surface area contributed by atoms with Crippen LogP contribution in [0.1, 0.15) is 34.5 Å². The van der Waals surface area contributed by atoms with E-state index in [1.165, 1.54) is 11.0 Å². The van der Waals surface area contributed by atoms with Gasteiger partial charge in [0.2, 0.25) is 0 Å². The molecule has 1 aliphatic heterocycles. The van der Waals surface area contributed by atoms with Crippen LogP contribution in [0.2, 0.25) is 0 Å². The van der Waals surface area contributed by atoms with Crippen LogP contribution < -0.4 is 21.4 Å². The monoisotopic (exact) mass is 450 g/mol. The molecule has 3 N–H and O–H groups in total. The second-order valence-electron chi connectivity index (χ2n) is 8.58. The van der Waals surface area contributed by atoms with E-state index in [-0.39, 0.29) is 17.4 Å². The summed E-state index contributed by atoms with van der Waals surface area (Å²) >= 11 is 0. The first-order valence-electron chi connectivity index (χ1n) is 11.0. The molecule has 0 saturated carbocycles. The molecule has 1 amide bonds. The Morgan fingerprint density at radius 3 is 2.61 bits per heavy atom. The van der Waals surface area contributed by atoms with Crippen molar-refractivity contribution in [2.45, 2.75) is 19.9 Å². The van der Waals surface area contributed by atoms with E-state index in [0.717, 1.165) is 16.8 Å². The first-order chi connectivity index (χ1) is 15.8. The van der Waals surface area contributed by atoms with Crippen molar-refractivity contribution in [1.29, 1.82) is 0 Å². The number of benzene rings is 2. The van der Waals surface area contributed by atoms with Gasteiger partial charge in [-0.25, -0.2) is 0 Å². The van der Waals surface area contributed by atoms with E-state index < -0.39 is 0 Å². The van der Waals surface area contributed by atoms with Gasteiger partial charge in [-0.1, -0.05) is 6.07 Å². The topological polar surface area (TPSA) is 101 Å². The Morgan fingerprint density at radius 1 is 1.18 bits per heavy atom. The van der Waals surface area contributed by atoms with E-state index in [1.54, 1.807) is 26.2 Å². The maximum absolute atomic E-state index is 13.1. The number of ether oxygens (including phenoxy) is 1. The lowest BCUT2D eigenvalue weighted by atomic mass is 9.99. The van der Waals surface area contributed by atoms with Gasteiger partial charge in [-0.2, -0.15) is 0 Å². The van der Waals surface area contributed by atoms with Crippen LogP contribution in [-0.2, 0) is 4.74 Å². The summed E-state index contributed by atoms with van der Waals surface area (Å²) in [7, 11) is 3.38. The Kier molecular flexibility index (Phi) is 6.29. The zero-order valence-corrected chi connectivity index (χ0v) is 19.5. The smallest absolute Gasteiger partial charge is 0.253 e. The van der Waals surface area contributed by atoms with Crippen molar-refractivity contribution in [2.24, 2.45) is 0 Å². The van der Waals surface area contributed by atoms with Crippen LogP contribution in [0.3, 0.4) is 0 Å². The summed E-state index contributed by atoms with van der Waals surface area (Å²) in [6.45, 7) is 6.39. The van der Waals surface area contributed by atoms with Crippen molar-refractivity contribution in [3.63, 3.8) is 0 Å². The van der Waals surface area contributed by atoms with Crippen molar-refractivity contribution < 1.29 is 13.9 Å². The molecule has 3 aromatic rings. The number of carbonyl (C=O) groups is 1. The van der Waals surface area contributed by atoms with Crippen molar-refractivity contribution in [2.75, 3.05) is 56.3 Å². The van der Waals surface area contributed by atoms with Crippen molar-refractivity contribution in [3.05, 3.63) is 63.3 Å². The SMILES string of the molecule is Cc1c(N)cccc1NC(C)c1cc(C(=O)N(C)C)cc2c(=O)cc(N3CCOCC3)oc12. The highest BCUT2D eigenvalue weighted by molar-refractivity contribution is 5.98. The number of rotatable bonds is 5. The van der Waals surface area contributed by atoms with Gasteiger partial charge in [0.1, 0.15) is 5.58 Å². The minimum Gasteiger partial charge on any atom is -0.440 e. The molecular weight excluding hydrogens is 420 g/mol. The van der Waals surface area contributed by atoms with Gasteiger partial charge in [0.15, 0.2) is 11.3 Å². The van der Waals surface area contributed by atoms with E-state index in [9.17, 15) is 9.59 Å². The second-order valence-corrected chi connectivity index (χ2v) is 8.58. The number of morpholine rings is 1. The summed E-state index contributed by atoms with van der Waals surface area (Å²) < 4.78 is 11.7. The highest BCUT2D eigenvalue weighted by Gasteiger charge is 2.22. The average molecular weight is 451 g/mol. The van der Waals surface area contributed by atoms with E-state index in [4.69, 9.17) is 14.9 Å². The third kappa shape index (κ3) is 4.52. The summed E-state index contributed by atoms with van der Waals surface area (Å²) in [6.07, 6.45) is 0. The summed E-state index contributed by atoms with van der Waals surface area (Å²) in [5, 5.41) is 3.85. The highest BCUT2D eigenvalue weighted by Crippen LogP contribution is 2.32. The fourth-order valence-electron chi connectivity index (χ4n) is 4.04. The lowest BCUT2D eigenvalue weighted by Gasteiger charge is -2.27. The standard InChI is InChI=1S/C25H30N4O4/c1-15-20(26)6-5-7-21(15)27-16(2)18-12-17(25(31)28(3)4)13-19-22(30)14-23(33-24(18)19)29-8-10-32-11-9-29/h5-7,12-14,16,27H,8-11,26H2,1-4H3. The number of nitrogens with zero attached hydrogens (tertiary/aromatic N) is 2. The zero-order chi connectivity index (χ0) is 23.7. The average Bonchev–Trinajstić information content (AvgIpc) is 2.81. The summed E-state index contributed by atoms with van der Waals surface area (Å²) in [6, 6.07) is 10.4. The van der Waals surface area contributed by atoms with Gasteiger partial charge >= 0.3 is 0 Å². The molecule has 8 nitrogen and oxygen atoms in total. The Hall–Kier alpha value is -3.52. The fourth-order valence-corrected chi connectivity index (χ4v) is 4.04. The minimum atomic E-state index is -0.258. The van der Waals surface area contributed by atoms with E-state index in [2.05, 4.69) is 5.32 Å². The quantitative estimate of drug-likeness (QED) is 0.575. The Morgan fingerprint density at radius 2 is 1.91 bits per heavy atom. The fraction of sp³-hybridized carbons (Fsp3) is 0.360. The molecule has 0 radical (unpaired) electrons. The largest absolute Gasteiger partial charge is 0.440 e. The molecule has 1 fully saturated rings. The number of amides is 1. The summed E-state index contributed by atoms with van der Waals surface area (Å²) in [4.78, 5) is 29.4. The number of hydrogen-bond donors (Lipinski definition) is 2. The molecule has 8 heteroatoms. The Balaban J connectivity index is 1.86. The summed E-state index contributed by atoms with van der Waals surface area (Å²) in [5.41, 5.74) is 10.0. The van der Waals surface area contributed by atoms with E-state index >= 15 is 0 Å². The number of carbonyl (C=O) groups excluding carboxylic acids is 1. The van der Waals surface area contributed by atoms with Crippen molar-refractivity contribution >= 4 is 34.1 Å². The van der Waals surface area contributed by atoms with Crippen LogP contribution in [0, 0.1) is 6.92 Å². The first kappa shape index (κ1) is 22.7. The molecule has 1 saturated heterocycles. The first-order valence-corrected chi connectivity index (χ1v) is 11.0. The minimum absolute atomic E-state index is 0.179. The molecule has 2 aromatic carbocycles. The Bertz CT molecular complexity index is 1250. The molecule has 4 rings (SSSR count). The van der Waals surface area contributed by atoms with Crippen LogP contribution in [0.4, 0.5) is 17.3 Å². The molecule has 0 aliphatic carbocycles. The van der Waals surface area contributed by atoms with Gasteiger partial charge in [-0.15, -0.1) is 0 Å². The van der Waals surface area contributed by atoms with Crippen LogP contribution >= 0.6 is 0 Å². The third-order valence-electron chi connectivity index (χ3n) is 6.03. The molecule has 1 atom stereocenters. The van der Waals surface area contributed by atoms with Gasteiger partial charge in [-0.05, 0) is 43.7 Å². The predicted molar refractivity (Wildman–Crippen MR) is 131 cm³/mol. The number of fused-ring (bicyclic) bond motifs is 1. The molecular formula is C25H30N4O4. The predicted octanol–water partition coefficient (Wildman–Crippen LogP) is 3.40. The molecule has 174 valence electrons. The Labute approximate surface area is 192 Å². The van der Waals surface area contributed by atoms with E-state index in [0.29, 0.717) is 54.4 Å². The van der Waals surface area contributed by atoms with Crippen LogP contribution in [-0.4, -0.2) is 51.2 Å². The normalized spacial score (nSPS) is 14.8. The van der Waals surface area contributed by atoms with Gasteiger partial charge in [0.25, 0.3) is 5.91 Å². The molecule has 1 unspecified atom stereocenters. The molecule has 1 aromatic heterocycles. The second kappa shape index (κ2) is 9.15. The van der Waals surface area contributed by atoms with Crippen LogP contribution in [0.5, 0.6) is 0 Å². The lowest BCUT2D eigenvalue weighted by molar-refractivity contribution is 0.0827. The maximum atomic E-state index is 13.1. The molecule has 0 spiro atoms. The number of hydrogen-bond acceptors (Lipinski definition) is 7. The number of nitrogens with one attached hydrogen (secondary N) is 1. The molecule has 33 heavy (non-hydrogen) atoms. The van der Waals surface area contributed by atoms with E-state index in [1.807, 2.05) is 36.9 Å². The van der Waals surface area contributed by atoms with Gasteiger partial charge < -0.3 is 30.0 Å². The third-order valence-corrected chi connectivity index (χ3v) is 6.03. The number of nitrogens with two attached hydrogens (primary N) is 1. The van der Waals surface area contributed by atoms with Crippen molar-refractivity contribution in [3.8, 4) is 0 Å². The van der Waals surface area contributed by atoms with Crippen LogP contribution in [0.15, 0.2) is 45.6 Å². The molecule has 1 aliphatic rings. The number of nitrogen functional groups attached to an aromatic ring is 1. The highest BCUT2D eigenvalue weighted by atomic mass is 16.5. The van der Waals surface area contributed by atoms with Gasteiger partial charge in [-0.3, -0.25) is 9.59 Å². The molecule has 0 bridgehead atoms. The van der Waals surface area contributed by atoms with Crippen LogP contribution in [0.25, 0.3) is 11.0 Å². The molecule has 2 heterocycles. The zero-order valence-electron chi connectivity index (χ0n) is 19.5. The number of anilines is 3. The lowest BCUT2D eigenvalue weighted by Crippen LogP contribution is -2.36. The maximum Gasteiger partial charge on any atom is 0.253 e. The van der Waals surface area contributed by atoms with Gasteiger partial charge in [0.05, 0.1) is 24.6 Å². The van der Waals surface area contributed by atoms with Gasteiger partial charge in [0, 0.05) is 55.8 Å². The van der Waals surface area contributed by atoms with Crippen molar-refractivity contribution in [1.82, 2.24) is 4.90 Å². The summed E-state index contributed by atoms with van der Waals surface area (Å²) in [5.74, 6) is 0.332.